The van der Waals surface area contributed by atoms with Gasteiger partial charge in [0, 0.05) is 33.9 Å². The number of carboxylic acids is 1. The normalized spacial score (nSPS) is 17.1. The molecule has 2 amide bonds. The number of aryl methyl sites for hydroxylation is 1. The van der Waals surface area contributed by atoms with Crippen LogP contribution in [0.25, 0.3) is 11.6 Å². The summed E-state index contributed by atoms with van der Waals surface area (Å²) in [5, 5.41) is 14.7. The monoisotopic (exact) mass is 455 g/mol. The van der Waals surface area contributed by atoms with Gasteiger partial charge in [-0.2, -0.15) is 0 Å². The van der Waals surface area contributed by atoms with Crippen LogP contribution in [0.3, 0.4) is 0 Å². The number of nitrogens with one attached hydrogen (secondary N) is 3. The number of aromatic nitrogens is 1. The van der Waals surface area contributed by atoms with Crippen LogP contribution in [0.5, 0.6) is 0 Å². The molecule has 172 valence electrons. The van der Waals surface area contributed by atoms with Crippen molar-refractivity contribution in [1.82, 2.24) is 4.98 Å². The number of fused-ring (bicyclic) bond motifs is 2. The minimum absolute atomic E-state index is 0.108. The molecule has 0 spiro atoms. The van der Waals surface area contributed by atoms with Gasteiger partial charge in [0.1, 0.15) is 0 Å². The van der Waals surface area contributed by atoms with Crippen molar-refractivity contribution in [2.45, 2.75) is 38.5 Å². The lowest BCUT2D eigenvalue weighted by Gasteiger charge is -2.29. The highest BCUT2D eigenvalue weighted by Gasteiger charge is 2.30. The van der Waals surface area contributed by atoms with E-state index in [0.29, 0.717) is 22.5 Å². The predicted octanol–water partition coefficient (Wildman–Crippen LogP) is 5.07. The van der Waals surface area contributed by atoms with Crippen molar-refractivity contribution >= 4 is 40.8 Å². The summed E-state index contributed by atoms with van der Waals surface area (Å²) in [6.07, 6.45) is 5.15. The van der Waals surface area contributed by atoms with Crippen LogP contribution in [0.4, 0.5) is 11.4 Å². The van der Waals surface area contributed by atoms with Gasteiger partial charge in [-0.1, -0.05) is 13.8 Å². The largest absolute Gasteiger partial charge is 0.478 e. The van der Waals surface area contributed by atoms with E-state index in [-0.39, 0.29) is 22.8 Å². The fraction of sp³-hybridized carbons (Fsp3) is 0.222. The molecule has 7 heteroatoms. The molecule has 7 nitrogen and oxygen atoms in total. The molecule has 3 aromatic rings. The maximum Gasteiger partial charge on any atom is 0.335 e. The molecule has 34 heavy (non-hydrogen) atoms. The second-order valence-electron chi connectivity index (χ2n) is 9.46. The van der Waals surface area contributed by atoms with Crippen molar-refractivity contribution in [3.05, 3.63) is 82.2 Å². The number of rotatable bonds is 4. The van der Waals surface area contributed by atoms with Gasteiger partial charge in [0.05, 0.1) is 11.1 Å². The van der Waals surface area contributed by atoms with Gasteiger partial charge in [0.15, 0.2) is 0 Å². The third-order valence-electron chi connectivity index (χ3n) is 6.63. The number of H-pyrrole nitrogens is 1. The maximum atomic E-state index is 12.7. The SMILES string of the molecule is CC1(C)CCCc2[nH]c(C=C3C(=O)Nc4ccc(NC(=O)c5ccc(C(=O)O)cc5)cc43)cc21. The predicted molar refractivity (Wildman–Crippen MR) is 131 cm³/mol. The zero-order valence-corrected chi connectivity index (χ0v) is 19.0. The summed E-state index contributed by atoms with van der Waals surface area (Å²) in [7, 11) is 0. The zero-order chi connectivity index (χ0) is 24.0. The first kappa shape index (κ1) is 21.7. The minimum atomic E-state index is -1.05. The molecule has 2 aliphatic rings. The van der Waals surface area contributed by atoms with Crippen LogP contribution in [0.15, 0.2) is 48.5 Å². The molecule has 0 atom stereocenters. The second-order valence-corrected chi connectivity index (χ2v) is 9.46. The van der Waals surface area contributed by atoms with E-state index in [1.54, 1.807) is 18.2 Å². The summed E-state index contributed by atoms with van der Waals surface area (Å²) in [6, 6.07) is 13.1. The number of anilines is 2. The van der Waals surface area contributed by atoms with E-state index in [4.69, 9.17) is 5.11 Å². The summed E-state index contributed by atoms with van der Waals surface area (Å²) in [4.78, 5) is 39.9. The molecule has 2 heterocycles. The Morgan fingerprint density at radius 1 is 1.06 bits per heavy atom. The molecule has 0 bridgehead atoms. The Morgan fingerprint density at radius 3 is 2.50 bits per heavy atom. The van der Waals surface area contributed by atoms with E-state index >= 15 is 0 Å². The summed E-state index contributed by atoms with van der Waals surface area (Å²) < 4.78 is 0. The molecule has 1 aliphatic carbocycles. The Bertz CT molecular complexity index is 1360. The second kappa shape index (κ2) is 8.02. The van der Waals surface area contributed by atoms with E-state index < -0.39 is 5.97 Å². The lowest BCUT2D eigenvalue weighted by Crippen LogP contribution is -2.22. The Morgan fingerprint density at radius 2 is 1.79 bits per heavy atom. The molecular formula is C27H25N3O4. The van der Waals surface area contributed by atoms with Crippen LogP contribution < -0.4 is 10.6 Å². The fourth-order valence-corrected chi connectivity index (χ4v) is 4.77. The van der Waals surface area contributed by atoms with Crippen molar-refractivity contribution in [2.24, 2.45) is 0 Å². The Balaban J connectivity index is 1.42. The molecule has 0 radical (unpaired) electrons. The summed E-state index contributed by atoms with van der Waals surface area (Å²) in [5.74, 6) is -1.60. The maximum absolute atomic E-state index is 12.7. The number of aromatic amines is 1. The number of hydrogen-bond acceptors (Lipinski definition) is 3. The lowest BCUT2D eigenvalue weighted by atomic mass is 9.75. The number of carbonyl (C=O) groups is 3. The molecule has 1 aliphatic heterocycles. The minimum Gasteiger partial charge on any atom is -0.478 e. The van der Waals surface area contributed by atoms with Crippen molar-refractivity contribution in [3.8, 4) is 0 Å². The van der Waals surface area contributed by atoms with E-state index in [1.807, 2.05) is 6.08 Å². The third kappa shape index (κ3) is 3.90. The molecular weight excluding hydrogens is 430 g/mol. The van der Waals surface area contributed by atoms with Gasteiger partial charge in [0.25, 0.3) is 11.8 Å². The van der Waals surface area contributed by atoms with Crippen molar-refractivity contribution in [1.29, 1.82) is 0 Å². The Kier molecular flexibility index (Phi) is 5.12. The molecule has 1 aromatic heterocycles. The highest BCUT2D eigenvalue weighted by molar-refractivity contribution is 6.35. The third-order valence-corrected chi connectivity index (χ3v) is 6.63. The van der Waals surface area contributed by atoms with Gasteiger partial charge < -0.3 is 20.7 Å². The highest BCUT2D eigenvalue weighted by atomic mass is 16.4. The van der Waals surface area contributed by atoms with Crippen LogP contribution in [0, 0.1) is 0 Å². The van der Waals surface area contributed by atoms with Crippen LogP contribution >= 0.6 is 0 Å². The molecule has 4 N–H and O–H groups in total. The first-order valence-corrected chi connectivity index (χ1v) is 11.3. The average molecular weight is 456 g/mol. The van der Waals surface area contributed by atoms with Gasteiger partial charge in [-0.15, -0.1) is 0 Å². The smallest absolute Gasteiger partial charge is 0.335 e. The quantitative estimate of drug-likeness (QED) is 0.412. The summed E-state index contributed by atoms with van der Waals surface area (Å²) >= 11 is 0. The van der Waals surface area contributed by atoms with Crippen molar-refractivity contribution in [2.75, 3.05) is 10.6 Å². The van der Waals surface area contributed by atoms with Crippen LogP contribution in [0.2, 0.25) is 0 Å². The number of benzene rings is 2. The molecule has 0 unspecified atom stereocenters. The molecule has 2 aromatic carbocycles. The number of carboxylic acid groups (broad SMARTS) is 1. The van der Waals surface area contributed by atoms with Gasteiger partial charge in [-0.3, -0.25) is 9.59 Å². The van der Waals surface area contributed by atoms with Gasteiger partial charge in [0.2, 0.25) is 0 Å². The average Bonchev–Trinajstić information content (AvgIpc) is 3.35. The van der Waals surface area contributed by atoms with Gasteiger partial charge in [-0.05, 0) is 84.8 Å². The molecule has 5 rings (SSSR count). The number of amides is 2. The summed E-state index contributed by atoms with van der Waals surface area (Å²) in [6.45, 7) is 4.50. The number of carbonyl (C=O) groups excluding carboxylic acids is 2. The topological polar surface area (TPSA) is 111 Å². The highest BCUT2D eigenvalue weighted by Crippen LogP contribution is 2.39. The van der Waals surface area contributed by atoms with Crippen LogP contribution in [-0.4, -0.2) is 27.9 Å². The van der Waals surface area contributed by atoms with Gasteiger partial charge >= 0.3 is 5.97 Å². The Labute approximate surface area is 196 Å². The molecule has 0 fully saturated rings. The van der Waals surface area contributed by atoms with E-state index in [1.165, 1.54) is 35.5 Å². The molecule has 0 saturated heterocycles. The summed E-state index contributed by atoms with van der Waals surface area (Å²) in [5.41, 5.74) is 6.48. The lowest BCUT2D eigenvalue weighted by molar-refractivity contribution is -0.110. The van der Waals surface area contributed by atoms with Gasteiger partial charge in [-0.25, -0.2) is 4.79 Å². The van der Waals surface area contributed by atoms with E-state index in [2.05, 4.69) is 35.5 Å². The number of aromatic carboxylic acids is 1. The number of hydrogen-bond donors (Lipinski definition) is 4. The fourth-order valence-electron chi connectivity index (χ4n) is 4.77. The molecule has 0 saturated carbocycles. The first-order chi connectivity index (χ1) is 16.2. The standard InChI is InChI=1S/C27H25N3O4/c1-27(2)11-3-4-23-21(27)14-18(28-23)13-20-19-12-17(9-10-22(19)30-25(20)32)29-24(31)15-5-7-16(8-6-15)26(33)34/h5-10,12-14,28H,3-4,11H2,1-2H3,(H,29,31)(H,30,32)(H,33,34). The van der Waals surface area contributed by atoms with Crippen molar-refractivity contribution < 1.29 is 19.5 Å². The van der Waals surface area contributed by atoms with Crippen molar-refractivity contribution in [3.63, 3.8) is 0 Å². The Hall–Kier alpha value is -4.13. The first-order valence-electron chi connectivity index (χ1n) is 11.3. The van der Waals surface area contributed by atoms with Crippen LogP contribution in [0.1, 0.15) is 69.9 Å². The van der Waals surface area contributed by atoms with E-state index in [0.717, 1.165) is 30.5 Å². The van der Waals surface area contributed by atoms with E-state index in [9.17, 15) is 14.4 Å². The van der Waals surface area contributed by atoms with Crippen LogP contribution in [-0.2, 0) is 16.6 Å². The zero-order valence-electron chi connectivity index (χ0n) is 19.0.